The number of nitrogens with zero attached hydrogens (tertiary/aromatic N) is 1. The van der Waals surface area contributed by atoms with E-state index in [-0.39, 0.29) is 0 Å². The summed E-state index contributed by atoms with van der Waals surface area (Å²) >= 11 is 5.39. The van der Waals surface area contributed by atoms with Crippen molar-refractivity contribution in [2.24, 2.45) is 0 Å². The first-order valence-corrected chi connectivity index (χ1v) is 8.83. The van der Waals surface area contributed by atoms with E-state index in [0.29, 0.717) is 0 Å². The molecule has 1 aromatic heterocycles. The number of hydrogen-bond donors (Lipinski definition) is 1. The maximum atomic E-state index is 5.47. The summed E-state index contributed by atoms with van der Waals surface area (Å²) in [5, 5.41) is 0. The standard InChI is InChI=1S/C16H19BrN2OS/c1-20-15-5-3-2-4-14(15)19-10-8-18(9-11-19)12-13-6-7-16(17)21-13/h2-7H,8-12H2,1H3/p+1. The number of ether oxygens (including phenoxy) is 1. The molecule has 5 heteroatoms. The molecule has 0 amide bonds. The largest absolute Gasteiger partial charge is 0.495 e. The van der Waals surface area contributed by atoms with Crippen LogP contribution >= 0.6 is 27.3 Å². The zero-order valence-electron chi connectivity index (χ0n) is 12.1. The van der Waals surface area contributed by atoms with Crippen LogP contribution in [-0.2, 0) is 6.54 Å². The van der Waals surface area contributed by atoms with Crippen LogP contribution in [0, 0.1) is 0 Å². The Balaban J connectivity index is 1.60. The number of thiophene rings is 1. The van der Waals surface area contributed by atoms with Crippen LogP contribution in [0.15, 0.2) is 40.2 Å². The van der Waals surface area contributed by atoms with E-state index in [4.69, 9.17) is 4.74 Å². The van der Waals surface area contributed by atoms with Gasteiger partial charge in [-0.3, -0.25) is 0 Å². The van der Waals surface area contributed by atoms with E-state index < -0.39 is 0 Å². The zero-order chi connectivity index (χ0) is 14.7. The van der Waals surface area contributed by atoms with E-state index >= 15 is 0 Å². The SMILES string of the molecule is COc1ccccc1N1CC[NH+](Cc2ccc(Br)s2)CC1. The Kier molecular flexibility index (Phi) is 4.83. The van der Waals surface area contributed by atoms with E-state index in [2.05, 4.69) is 45.1 Å². The number of hydrogen-bond acceptors (Lipinski definition) is 3. The quantitative estimate of drug-likeness (QED) is 0.893. The van der Waals surface area contributed by atoms with Gasteiger partial charge in [-0.2, -0.15) is 0 Å². The number of halogens is 1. The fourth-order valence-electron chi connectivity index (χ4n) is 2.82. The van der Waals surface area contributed by atoms with Gasteiger partial charge in [0.15, 0.2) is 0 Å². The van der Waals surface area contributed by atoms with E-state index in [1.165, 1.54) is 27.4 Å². The molecule has 0 unspecified atom stereocenters. The maximum absolute atomic E-state index is 5.47. The minimum Gasteiger partial charge on any atom is -0.495 e. The second-order valence-corrected chi connectivity index (χ2v) is 7.84. The van der Waals surface area contributed by atoms with Crippen LogP contribution in [0.3, 0.4) is 0 Å². The minimum atomic E-state index is 0.975. The molecule has 1 saturated heterocycles. The van der Waals surface area contributed by atoms with Crippen LogP contribution in [0.4, 0.5) is 5.69 Å². The van der Waals surface area contributed by atoms with Gasteiger partial charge in [-0.15, -0.1) is 11.3 Å². The van der Waals surface area contributed by atoms with Gasteiger partial charge in [-0.25, -0.2) is 0 Å². The first kappa shape index (κ1) is 14.9. The van der Waals surface area contributed by atoms with Crippen LogP contribution < -0.4 is 14.5 Å². The number of rotatable bonds is 4. The first-order chi connectivity index (χ1) is 10.3. The Hall–Kier alpha value is -1.04. The summed E-state index contributed by atoms with van der Waals surface area (Å²) < 4.78 is 6.70. The molecule has 0 radical (unpaired) electrons. The number of para-hydroxylation sites is 2. The van der Waals surface area contributed by atoms with E-state index in [1.807, 2.05) is 23.5 Å². The number of methoxy groups -OCH3 is 1. The lowest BCUT2D eigenvalue weighted by molar-refractivity contribution is -0.914. The van der Waals surface area contributed by atoms with Crippen molar-refractivity contribution >= 4 is 33.0 Å². The highest BCUT2D eigenvalue weighted by molar-refractivity contribution is 9.11. The minimum absolute atomic E-state index is 0.975. The van der Waals surface area contributed by atoms with Crippen molar-refractivity contribution in [3.8, 4) is 5.75 Å². The van der Waals surface area contributed by atoms with Crippen molar-refractivity contribution in [3.63, 3.8) is 0 Å². The highest BCUT2D eigenvalue weighted by atomic mass is 79.9. The summed E-state index contributed by atoms with van der Waals surface area (Å²) in [5.74, 6) is 0.975. The second kappa shape index (κ2) is 6.81. The average Bonchev–Trinajstić information content (AvgIpc) is 2.93. The summed E-state index contributed by atoms with van der Waals surface area (Å²) in [7, 11) is 1.75. The maximum Gasteiger partial charge on any atom is 0.142 e. The van der Waals surface area contributed by atoms with Gasteiger partial charge >= 0.3 is 0 Å². The molecule has 0 atom stereocenters. The van der Waals surface area contributed by atoms with Gasteiger partial charge in [-0.05, 0) is 40.2 Å². The van der Waals surface area contributed by atoms with Gasteiger partial charge in [0.2, 0.25) is 0 Å². The molecule has 1 aromatic carbocycles. The predicted octanol–water partition coefficient (Wildman–Crippen LogP) is 2.42. The number of piperazine rings is 1. The topological polar surface area (TPSA) is 16.9 Å². The predicted molar refractivity (Wildman–Crippen MR) is 91.6 cm³/mol. The van der Waals surface area contributed by atoms with E-state index in [0.717, 1.165) is 25.4 Å². The molecule has 2 aromatic rings. The molecule has 3 nitrogen and oxygen atoms in total. The summed E-state index contributed by atoms with van der Waals surface area (Å²) in [6, 6.07) is 12.7. The molecule has 0 aliphatic carbocycles. The lowest BCUT2D eigenvalue weighted by Gasteiger charge is -2.34. The Morgan fingerprint density at radius 2 is 1.95 bits per heavy atom. The van der Waals surface area contributed by atoms with Crippen molar-refractivity contribution in [1.82, 2.24) is 0 Å². The van der Waals surface area contributed by atoms with Gasteiger partial charge < -0.3 is 14.5 Å². The fraction of sp³-hybridized carbons (Fsp3) is 0.375. The second-order valence-electron chi connectivity index (χ2n) is 5.29. The van der Waals surface area contributed by atoms with Crippen LogP contribution in [0.1, 0.15) is 4.88 Å². The Morgan fingerprint density at radius 1 is 1.19 bits per heavy atom. The number of benzene rings is 1. The smallest absolute Gasteiger partial charge is 0.142 e. The van der Waals surface area contributed by atoms with E-state index in [1.54, 1.807) is 12.0 Å². The number of nitrogens with one attached hydrogen (secondary N) is 1. The molecular formula is C16H20BrN2OS+. The summed E-state index contributed by atoms with van der Waals surface area (Å²) in [6.07, 6.45) is 0. The first-order valence-electron chi connectivity index (χ1n) is 7.22. The van der Waals surface area contributed by atoms with Gasteiger partial charge in [0.1, 0.15) is 12.3 Å². The average molecular weight is 368 g/mol. The van der Waals surface area contributed by atoms with Crippen molar-refractivity contribution < 1.29 is 9.64 Å². The molecule has 2 heterocycles. The molecule has 1 fully saturated rings. The van der Waals surface area contributed by atoms with Gasteiger partial charge in [0, 0.05) is 0 Å². The van der Waals surface area contributed by atoms with Crippen LogP contribution in [0.5, 0.6) is 5.75 Å². The molecule has 21 heavy (non-hydrogen) atoms. The molecule has 0 spiro atoms. The van der Waals surface area contributed by atoms with Crippen LogP contribution in [-0.4, -0.2) is 33.3 Å². The molecule has 0 bridgehead atoms. The third-order valence-corrected chi connectivity index (χ3v) is 5.57. The molecule has 1 N–H and O–H groups in total. The monoisotopic (exact) mass is 367 g/mol. The number of anilines is 1. The molecule has 1 aliphatic rings. The molecule has 0 saturated carbocycles. The highest BCUT2D eigenvalue weighted by Crippen LogP contribution is 2.27. The Labute approximate surface area is 138 Å². The van der Waals surface area contributed by atoms with Gasteiger partial charge in [-0.1, -0.05) is 12.1 Å². The lowest BCUT2D eigenvalue weighted by atomic mass is 10.2. The normalized spacial score (nSPS) is 16.2. The van der Waals surface area contributed by atoms with Gasteiger partial charge in [0.25, 0.3) is 0 Å². The van der Waals surface area contributed by atoms with E-state index in [9.17, 15) is 0 Å². The Morgan fingerprint density at radius 3 is 2.62 bits per heavy atom. The third-order valence-electron chi connectivity index (χ3n) is 3.95. The fourth-order valence-corrected chi connectivity index (χ4v) is 4.38. The summed E-state index contributed by atoms with van der Waals surface area (Å²) in [6.45, 7) is 5.65. The molecule has 112 valence electrons. The highest BCUT2D eigenvalue weighted by Gasteiger charge is 2.22. The van der Waals surface area contributed by atoms with Gasteiger partial charge in [0.05, 0.1) is 47.6 Å². The summed E-state index contributed by atoms with van der Waals surface area (Å²) in [5.41, 5.74) is 1.22. The zero-order valence-corrected chi connectivity index (χ0v) is 14.5. The molecule has 3 rings (SSSR count). The Bertz CT molecular complexity index is 593. The summed E-state index contributed by atoms with van der Waals surface area (Å²) in [4.78, 5) is 5.56. The van der Waals surface area contributed by atoms with Crippen molar-refractivity contribution in [3.05, 3.63) is 45.1 Å². The van der Waals surface area contributed by atoms with Crippen molar-refractivity contribution in [2.45, 2.75) is 6.54 Å². The number of quaternary nitrogens is 1. The van der Waals surface area contributed by atoms with Crippen molar-refractivity contribution in [1.29, 1.82) is 0 Å². The van der Waals surface area contributed by atoms with Crippen LogP contribution in [0.25, 0.3) is 0 Å². The third kappa shape index (κ3) is 3.59. The lowest BCUT2D eigenvalue weighted by Crippen LogP contribution is -3.13. The van der Waals surface area contributed by atoms with Crippen molar-refractivity contribution in [2.75, 3.05) is 38.2 Å². The van der Waals surface area contributed by atoms with Crippen LogP contribution in [0.2, 0.25) is 0 Å². The molecule has 1 aliphatic heterocycles. The molecular weight excluding hydrogens is 348 g/mol.